The van der Waals surface area contributed by atoms with Crippen LogP contribution in [0.25, 0.3) is 11.3 Å². The molecule has 7 nitrogen and oxygen atoms in total. The lowest BCUT2D eigenvalue weighted by molar-refractivity contribution is 0.126. The van der Waals surface area contributed by atoms with Crippen LogP contribution in [0.2, 0.25) is 0 Å². The summed E-state index contributed by atoms with van der Waals surface area (Å²) in [4.78, 5) is 16.7. The van der Waals surface area contributed by atoms with Gasteiger partial charge >= 0.3 is 0 Å². The lowest BCUT2D eigenvalue weighted by Crippen LogP contribution is -2.29. The summed E-state index contributed by atoms with van der Waals surface area (Å²) in [5.41, 5.74) is 3.07. The number of hydrogen-bond donors (Lipinski definition) is 3. The van der Waals surface area contributed by atoms with E-state index in [1.807, 2.05) is 12.4 Å². The number of aliphatic hydroxyl groups is 1. The Bertz CT molecular complexity index is 844. The highest BCUT2D eigenvalue weighted by atomic mass is 16.3. The Kier molecular flexibility index (Phi) is 7.92. The first-order valence-corrected chi connectivity index (χ1v) is 12.4. The summed E-state index contributed by atoms with van der Waals surface area (Å²) in [6.07, 6.45) is 12.1. The fraction of sp³-hybridized carbons (Fsp3) is 0.640. The van der Waals surface area contributed by atoms with E-state index in [9.17, 15) is 5.11 Å². The Morgan fingerprint density at radius 1 is 1.09 bits per heavy atom. The van der Waals surface area contributed by atoms with Gasteiger partial charge in [-0.25, -0.2) is 4.98 Å². The number of nitrogens with one attached hydrogen (secondary N) is 2. The maximum atomic E-state index is 9.87. The van der Waals surface area contributed by atoms with E-state index in [-0.39, 0.29) is 6.10 Å². The van der Waals surface area contributed by atoms with Gasteiger partial charge in [0.05, 0.1) is 17.4 Å². The Morgan fingerprint density at radius 2 is 1.88 bits per heavy atom. The molecule has 2 aromatic rings. The van der Waals surface area contributed by atoms with Crippen molar-refractivity contribution >= 4 is 11.8 Å². The third-order valence-corrected chi connectivity index (χ3v) is 6.63. The standard InChI is InChI=1S/C25H38N6O/c1-3-6-18(2)28-25-27-16-22(24(30-25)29-20-8-10-21(32)11-9-20)23-12-7-19(15-26-23)17-31-13-4-5-14-31/h7,12,15-16,18,20-21,32H,3-6,8-11,13-14,17H2,1-2H3,(H2,27,28,29,30)/t18-,20?,21?/m0/s1. The lowest BCUT2D eigenvalue weighted by atomic mass is 9.93. The largest absolute Gasteiger partial charge is 0.393 e. The summed E-state index contributed by atoms with van der Waals surface area (Å²) in [6.45, 7) is 7.69. The summed E-state index contributed by atoms with van der Waals surface area (Å²) in [7, 11) is 0. The normalized spacial score (nSPS) is 22.6. The molecular weight excluding hydrogens is 400 g/mol. The zero-order valence-corrected chi connectivity index (χ0v) is 19.6. The van der Waals surface area contributed by atoms with Gasteiger partial charge in [-0.05, 0) is 76.6 Å². The third kappa shape index (κ3) is 6.17. The zero-order chi connectivity index (χ0) is 22.3. The molecule has 4 rings (SSSR count). The summed E-state index contributed by atoms with van der Waals surface area (Å²) < 4.78 is 0. The van der Waals surface area contributed by atoms with Gasteiger partial charge in [0.1, 0.15) is 5.82 Å². The van der Waals surface area contributed by atoms with Crippen molar-refractivity contribution in [3.05, 3.63) is 30.1 Å². The summed E-state index contributed by atoms with van der Waals surface area (Å²) >= 11 is 0. The van der Waals surface area contributed by atoms with Gasteiger partial charge in [-0.1, -0.05) is 19.4 Å². The van der Waals surface area contributed by atoms with Crippen molar-refractivity contribution in [2.45, 2.75) is 89.9 Å². The number of hydrogen-bond acceptors (Lipinski definition) is 7. The molecule has 2 aliphatic rings. The van der Waals surface area contributed by atoms with Crippen LogP contribution in [0.1, 0.15) is 70.8 Å². The second-order valence-corrected chi connectivity index (χ2v) is 9.47. The van der Waals surface area contributed by atoms with Gasteiger partial charge in [-0.3, -0.25) is 9.88 Å². The Labute approximate surface area is 192 Å². The second-order valence-electron chi connectivity index (χ2n) is 9.47. The van der Waals surface area contributed by atoms with Crippen LogP contribution in [0, 0.1) is 0 Å². The lowest BCUT2D eigenvalue weighted by Gasteiger charge is -2.27. The van der Waals surface area contributed by atoms with E-state index < -0.39 is 0 Å². The number of anilines is 2. The molecule has 2 aromatic heterocycles. The van der Waals surface area contributed by atoms with Gasteiger partial charge in [-0.15, -0.1) is 0 Å². The van der Waals surface area contributed by atoms with Crippen molar-refractivity contribution in [1.29, 1.82) is 0 Å². The van der Waals surface area contributed by atoms with Crippen LogP contribution in [0.5, 0.6) is 0 Å². The molecule has 1 aliphatic heterocycles. The van der Waals surface area contributed by atoms with E-state index in [1.165, 1.54) is 31.5 Å². The van der Waals surface area contributed by atoms with Crippen molar-refractivity contribution in [3.8, 4) is 11.3 Å². The molecular formula is C25H38N6O. The van der Waals surface area contributed by atoms with Crippen molar-refractivity contribution in [2.24, 2.45) is 0 Å². The topological polar surface area (TPSA) is 86.2 Å². The molecule has 1 saturated heterocycles. The van der Waals surface area contributed by atoms with Crippen LogP contribution in [0.4, 0.5) is 11.8 Å². The van der Waals surface area contributed by atoms with E-state index in [0.29, 0.717) is 18.0 Å². The van der Waals surface area contributed by atoms with E-state index in [1.54, 1.807) is 0 Å². The second kappa shape index (κ2) is 11.1. The molecule has 7 heteroatoms. The average molecular weight is 439 g/mol. The Balaban J connectivity index is 1.53. The van der Waals surface area contributed by atoms with Gasteiger partial charge in [0.15, 0.2) is 0 Å². The minimum Gasteiger partial charge on any atom is -0.393 e. The summed E-state index contributed by atoms with van der Waals surface area (Å²) in [5.74, 6) is 1.48. The molecule has 1 saturated carbocycles. The maximum absolute atomic E-state index is 9.87. The SMILES string of the molecule is CCC[C@H](C)Nc1ncc(-c2ccc(CN3CCCC3)cn2)c(NC2CCC(O)CC2)n1. The van der Waals surface area contributed by atoms with Crippen LogP contribution >= 0.6 is 0 Å². The smallest absolute Gasteiger partial charge is 0.224 e. The monoisotopic (exact) mass is 438 g/mol. The van der Waals surface area contributed by atoms with E-state index in [4.69, 9.17) is 9.97 Å². The molecule has 0 aromatic carbocycles. The number of likely N-dealkylation sites (tertiary alicyclic amines) is 1. The number of aromatic nitrogens is 3. The van der Waals surface area contributed by atoms with E-state index in [0.717, 1.165) is 62.1 Å². The first-order chi connectivity index (χ1) is 15.6. The molecule has 32 heavy (non-hydrogen) atoms. The molecule has 0 radical (unpaired) electrons. The molecule has 3 heterocycles. The first kappa shape index (κ1) is 22.9. The first-order valence-electron chi connectivity index (χ1n) is 12.4. The highest BCUT2D eigenvalue weighted by molar-refractivity contribution is 5.73. The predicted molar refractivity (Wildman–Crippen MR) is 130 cm³/mol. The number of aliphatic hydroxyl groups excluding tert-OH is 1. The van der Waals surface area contributed by atoms with Gasteiger partial charge in [0.25, 0.3) is 0 Å². The highest BCUT2D eigenvalue weighted by Gasteiger charge is 2.22. The Morgan fingerprint density at radius 3 is 2.56 bits per heavy atom. The maximum Gasteiger partial charge on any atom is 0.224 e. The van der Waals surface area contributed by atoms with Gasteiger partial charge < -0.3 is 15.7 Å². The van der Waals surface area contributed by atoms with Crippen LogP contribution in [-0.2, 0) is 6.54 Å². The molecule has 0 bridgehead atoms. The highest BCUT2D eigenvalue weighted by Crippen LogP contribution is 2.29. The van der Waals surface area contributed by atoms with Crippen molar-refractivity contribution < 1.29 is 5.11 Å². The molecule has 0 amide bonds. The minimum absolute atomic E-state index is 0.171. The molecule has 0 spiro atoms. The molecule has 0 unspecified atom stereocenters. The third-order valence-electron chi connectivity index (χ3n) is 6.63. The van der Waals surface area contributed by atoms with E-state index >= 15 is 0 Å². The average Bonchev–Trinajstić information content (AvgIpc) is 3.30. The van der Waals surface area contributed by atoms with Crippen LogP contribution in [-0.4, -0.2) is 56.2 Å². The summed E-state index contributed by atoms with van der Waals surface area (Å²) in [6, 6.07) is 4.90. The van der Waals surface area contributed by atoms with Crippen LogP contribution < -0.4 is 10.6 Å². The van der Waals surface area contributed by atoms with Gasteiger partial charge in [0.2, 0.25) is 5.95 Å². The molecule has 1 atom stereocenters. The van der Waals surface area contributed by atoms with Crippen LogP contribution in [0.15, 0.2) is 24.5 Å². The van der Waals surface area contributed by atoms with Crippen LogP contribution in [0.3, 0.4) is 0 Å². The molecule has 174 valence electrons. The van der Waals surface area contributed by atoms with Gasteiger partial charge in [-0.2, -0.15) is 4.98 Å². The molecule has 2 fully saturated rings. The van der Waals surface area contributed by atoms with Crippen molar-refractivity contribution in [1.82, 2.24) is 19.9 Å². The van der Waals surface area contributed by atoms with Gasteiger partial charge in [0, 0.05) is 31.0 Å². The fourth-order valence-corrected chi connectivity index (χ4v) is 4.76. The predicted octanol–water partition coefficient (Wildman–Crippen LogP) is 4.45. The Hall–Kier alpha value is -2.25. The minimum atomic E-state index is -0.171. The number of pyridine rings is 1. The van der Waals surface area contributed by atoms with Crippen molar-refractivity contribution in [2.75, 3.05) is 23.7 Å². The molecule has 3 N–H and O–H groups in total. The molecule has 1 aliphatic carbocycles. The fourth-order valence-electron chi connectivity index (χ4n) is 4.76. The van der Waals surface area contributed by atoms with E-state index in [2.05, 4.69) is 46.5 Å². The van der Waals surface area contributed by atoms with Crippen molar-refractivity contribution in [3.63, 3.8) is 0 Å². The quantitative estimate of drug-likeness (QED) is 0.533. The summed E-state index contributed by atoms with van der Waals surface area (Å²) in [5, 5.41) is 16.9. The zero-order valence-electron chi connectivity index (χ0n) is 19.6. The number of nitrogens with zero attached hydrogens (tertiary/aromatic N) is 4. The number of rotatable bonds is 9.